The zero-order valence-electron chi connectivity index (χ0n) is 26.6. The predicted octanol–water partition coefficient (Wildman–Crippen LogP) is 5.21. The lowest BCUT2D eigenvalue weighted by Gasteiger charge is -2.33. The number of piperidine rings is 1. The van der Waals surface area contributed by atoms with Crippen LogP contribution in [0.1, 0.15) is 43.4 Å². The Morgan fingerprint density at radius 3 is 2.57 bits per heavy atom. The lowest BCUT2D eigenvalue weighted by atomic mass is 10.0. The van der Waals surface area contributed by atoms with E-state index in [0.717, 1.165) is 9.47 Å². The van der Waals surface area contributed by atoms with Crippen molar-refractivity contribution in [2.75, 3.05) is 51.1 Å². The standard InChI is InChI=1S/C32H38F4N6O4/c1-31(2,3)46-30(44)41(27-17-38-25(29(43)37-4)16-28(27)45-6)13-8-9-20-15-21-23(39-24-12-14-40(5)18-22(24)33)10-7-11-26(21)42(20)19-32(34,35)36/h7,10-11,15-17,22,24,39H,12-14,18-19H2,1-6H3,(H,37,43)/t22-,24+/m0/s1. The van der Waals surface area contributed by atoms with E-state index in [1.165, 1.54) is 32.5 Å². The smallest absolute Gasteiger partial charge is 0.415 e. The van der Waals surface area contributed by atoms with Crippen LogP contribution in [0.25, 0.3) is 10.9 Å². The molecule has 2 atom stereocenters. The number of aromatic nitrogens is 2. The van der Waals surface area contributed by atoms with Gasteiger partial charge in [0, 0.05) is 37.3 Å². The minimum absolute atomic E-state index is 0.0405. The van der Waals surface area contributed by atoms with Crippen molar-refractivity contribution in [3.05, 3.63) is 47.9 Å². The van der Waals surface area contributed by atoms with Crippen LogP contribution in [0.5, 0.6) is 5.75 Å². The molecule has 46 heavy (non-hydrogen) atoms. The van der Waals surface area contributed by atoms with E-state index in [0.29, 0.717) is 24.0 Å². The molecule has 0 radical (unpaired) electrons. The number of methoxy groups -OCH3 is 1. The highest BCUT2D eigenvalue weighted by Gasteiger charge is 2.31. The van der Waals surface area contributed by atoms with Crippen molar-refractivity contribution in [2.24, 2.45) is 0 Å². The molecule has 4 rings (SSSR count). The molecule has 1 aromatic carbocycles. The van der Waals surface area contributed by atoms with Crippen LogP contribution in [0.2, 0.25) is 0 Å². The van der Waals surface area contributed by atoms with Crippen LogP contribution >= 0.6 is 0 Å². The first-order valence-electron chi connectivity index (χ1n) is 14.6. The largest absolute Gasteiger partial charge is 0.494 e. The molecule has 1 fully saturated rings. The predicted molar refractivity (Wildman–Crippen MR) is 167 cm³/mol. The van der Waals surface area contributed by atoms with Gasteiger partial charge in [-0.05, 0) is 58.4 Å². The molecule has 0 spiro atoms. The molecule has 2 N–H and O–H groups in total. The van der Waals surface area contributed by atoms with Gasteiger partial charge in [0.15, 0.2) is 0 Å². The molecule has 0 bridgehead atoms. The Kier molecular flexibility index (Phi) is 10.4. The van der Waals surface area contributed by atoms with Crippen LogP contribution in [0.4, 0.5) is 33.7 Å². The van der Waals surface area contributed by atoms with Gasteiger partial charge in [0.25, 0.3) is 5.91 Å². The Balaban J connectivity index is 1.74. The highest BCUT2D eigenvalue weighted by atomic mass is 19.4. The molecule has 3 heterocycles. The number of hydrogen-bond acceptors (Lipinski definition) is 7. The molecule has 248 valence electrons. The number of carbonyl (C=O) groups excluding carboxylic acids is 2. The van der Waals surface area contributed by atoms with Crippen molar-refractivity contribution in [3.8, 4) is 17.6 Å². The number of carbonyl (C=O) groups is 2. The topological polar surface area (TPSA) is 101 Å². The maximum absolute atomic E-state index is 14.8. The van der Waals surface area contributed by atoms with Crippen LogP contribution in [-0.2, 0) is 11.3 Å². The Morgan fingerprint density at radius 2 is 1.93 bits per heavy atom. The summed E-state index contributed by atoms with van der Waals surface area (Å²) in [6.07, 6.45) is -4.73. The second-order valence-corrected chi connectivity index (χ2v) is 12.0. The van der Waals surface area contributed by atoms with Crippen LogP contribution in [0.15, 0.2) is 36.5 Å². The average Bonchev–Trinajstić information content (AvgIpc) is 3.31. The van der Waals surface area contributed by atoms with E-state index in [9.17, 15) is 27.2 Å². The number of nitrogens with zero attached hydrogens (tertiary/aromatic N) is 4. The summed E-state index contributed by atoms with van der Waals surface area (Å²) in [5.41, 5.74) is 0.112. The number of likely N-dealkylation sites (tertiary alicyclic amines) is 1. The van der Waals surface area contributed by atoms with Crippen molar-refractivity contribution in [3.63, 3.8) is 0 Å². The summed E-state index contributed by atoms with van der Waals surface area (Å²) in [6.45, 7) is 4.35. The number of hydrogen-bond donors (Lipinski definition) is 2. The van der Waals surface area contributed by atoms with E-state index < -0.39 is 42.5 Å². The maximum atomic E-state index is 14.8. The number of anilines is 2. The van der Waals surface area contributed by atoms with Crippen molar-refractivity contribution in [2.45, 2.75) is 57.7 Å². The van der Waals surface area contributed by atoms with Crippen LogP contribution in [-0.4, -0.2) is 91.3 Å². The van der Waals surface area contributed by atoms with Crippen molar-refractivity contribution >= 4 is 34.3 Å². The molecule has 2 amide bonds. The molecule has 2 aromatic heterocycles. The summed E-state index contributed by atoms with van der Waals surface area (Å²) in [4.78, 5) is 32.6. The number of benzene rings is 1. The number of fused-ring (bicyclic) bond motifs is 1. The maximum Gasteiger partial charge on any atom is 0.415 e. The zero-order valence-corrected chi connectivity index (χ0v) is 26.6. The van der Waals surface area contributed by atoms with E-state index in [2.05, 4.69) is 27.5 Å². The number of amides is 2. The minimum Gasteiger partial charge on any atom is -0.494 e. The normalized spacial score (nSPS) is 17.2. The fourth-order valence-electron chi connectivity index (χ4n) is 5.10. The molecular formula is C32H38F4N6O4. The van der Waals surface area contributed by atoms with Crippen LogP contribution in [0, 0.1) is 11.8 Å². The van der Waals surface area contributed by atoms with Gasteiger partial charge in [-0.15, -0.1) is 0 Å². The number of pyridine rings is 1. The highest BCUT2D eigenvalue weighted by molar-refractivity contribution is 5.95. The summed E-state index contributed by atoms with van der Waals surface area (Å²) < 4.78 is 68.1. The fraction of sp³-hybridized carbons (Fsp3) is 0.469. The molecule has 0 saturated carbocycles. The summed E-state index contributed by atoms with van der Waals surface area (Å²) in [7, 11) is 4.63. The summed E-state index contributed by atoms with van der Waals surface area (Å²) in [6, 6.07) is 7.24. The number of rotatable bonds is 7. The van der Waals surface area contributed by atoms with Crippen molar-refractivity contribution in [1.29, 1.82) is 0 Å². The third kappa shape index (κ3) is 8.39. The molecule has 0 unspecified atom stereocenters. The molecule has 1 aliphatic heterocycles. The summed E-state index contributed by atoms with van der Waals surface area (Å²) in [5, 5.41) is 6.11. The minimum atomic E-state index is -4.56. The van der Waals surface area contributed by atoms with Crippen LogP contribution in [0.3, 0.4) is 0 Å². The molecule has 14 heteroatoms. The molecule has 0 aliphatic carbocycles. The first-order valence-corrected chi connectivity index (χ1v) is 14.6. The molecule has 3 aromatic rings. The lowest BCUT2D eigenvalue weighted by Crippen LogP contribution is -2.46. The van der Waals surface area contributed by atoms with Gasteiger partial charge in [0.2, 0.25) is 0 Å². The van der Waals surface area contributed by atoms with Gasteiger partial charge in [0.05, 0.1) is 37.1 Å². The van der Waals surface area contributed by atoms with Gasteiger partial charge in [-0.2, -0.15) is 13.2 Å². The van der Waals surface area contributed by atoms with E-state index >= 15 is 0 Å². The van der Waals surface area contributed by atoms with E-state index in [4.69, 9.17) is 9.47 Å². The summed E-state index contributed by atoms with van der Waals surface area (Å²) >= 11 is 0. The Hall–Kier alpha value is -4.51. The Morgan fingerprint density at radius 1 is 1.20 bits per heavy atom. The van der Waals surface area contributed by atoms with Crippen LogP contribution < -0.4 is 20.3 Å². The second-order valence-electron chi connectivity index (χ2n) is 12.0. The molecule has 1 aliphatic rings. The number of halogens is 4. The number of ether oxygens (including phenoxy) is 2. The van der Waals surface area contributed by atoms with E-state index in [-0.39, 0.29) is 41.4 Å². The van der Waals surface area contributed by atoms with Gasteiger partial charge in [0.1, 0.15) is 35.4 Å². The lowest BCUT2D eigenvalue weighted by molar-refractivity contribution is -0.140. The number of nitrogens with one attached hydrogen (secondary N) is 2. The monoisotopic (exact) mass is 646 g/mol. The Labute approximate surface area is 265 Å². The third-order valence-electron chi connectivity index (χ3n) is 7.25. The Bertz CT molecular complexity index is 1640. The van der Waals surface area contributed by atoms with Gasteiger partial charge in [-0.3, -0.25) is 9.69 Å². The second kappa shape index (κ2) is 13.9. The summed E-state index contributed by atoms with van der Waals surface area (Å²) in [5.74, 6) is 5.25. The van der Waals surface area contributed by atoms with Gasteiger partial charge >= 0.3 is 12.3 Å². The van der Waals surface area contributed by atoms with E-state index in [1.807, 2.05) is 11.9 Å². The van der Waals surface area contributed by atoms with Gasteiger partial charge in [-0.1, -0.05) is 12.0 Å². The fourth-order valence-corrected chi connectivity index (χ4v) is 5.10. The van der Waals surface area contributed by atoms with E-state index in [1.54, 1.807) is 39.0 Å². The SMILES string of the molecule is CNC(=O)c1cc(OC)c(N(CC#Cc2cc3c(N[C@@H]4CCN(C)C[C@@H]4F)cccc3n2CC(F)(F)F)C(=O)OC(C)(C)C)cn1. The first-order chi connectivity index (χ1) is 21.6. The van der Waals surface area contributed by atoms with Crippen molar-refractivity contribution < 1.29 is 36.6 Å². The molecule has 10 nitrogen and oxygen atoms in total. The van der Waals surface area contributed by atoms with Gasteiger partial charge in [-0.25, -0.2) is 14.2 Å². The first kappa shape index (κ1) is 34.4. The number of alkyl halides is 4. The molecule has 1 saturated heterocycles. The molecular weight excluding hydrogens is 608 g/mol. The van der Waals surface area contributed by atoms with Gasteiger partial charge < -0.3 is 29.6 Å². The zero-order chi connectivity index (χ0) is 33.8. The quantitative estimate of drug-likeness (QED) is 0.269. The third-order valence-corrected chi connectivity index (χ3v) is 7.25. The van der Waals surface area contributed by atoms with Crippen molar-refractivity contribution in [1.82, 2.24) is 19.8 Å². The average molecular weight is 647 g/mol. The highest BCUT2D eigenvalue weighted by Crippen LogP contribution is 2.32.